The van der Waals surface area contributed by atoms with Crippen molar-refractivity contribution in [3.63, 3.8) is 0 Å². The van der Waals surface area contributed by atoms with Crippen LogP contribution < -0.4 is 11.3 Å². The maximum atomic E-state index is 12.3. The molecule has 22 heteroatoms. The SMILES string of the molecule is CCC1O[C@H](OP(=O)(O)OP(=O)(O)OC[C@H]2O[C@@H](n3cnc4c(=O)[nH]c(N)nc43)C(O)C2O)C(O)C(O)[C@@H]1O. The van der Waals surface area contributed by atoms with Crippen LogP contribution in [-0.2, 0) is 32.0 Å². The molecule has 0 aliphatic carbocycles. The Labute approximate surface area is 217 Å². The first-order chi connectivity index (χ1) is 18.1. The molecule has 0 spiro atoms. The molecule has 0 radical (unpaired) electrons. The van der Waals surface area contributed by atoms with E-state index in [2.05, 4.69) is 28.3 Å². The van der Waals surface area contributed by atoms with Gasteiger partial charge in [0.25, 0.3) is 5.56 Å². The van der Waals surface area contributed by atoms with Gasteiger partial charge in [0.05, 0.1) is 19.0 Å². The van der Waals surface area contributed by atoms with Crippen LogP contribution in [0, 0.1) is 0 Å². The van der Waals surface area contributed by atoms with Crippen LogP contribution in [0.25, 0.3) is 11.2 Å². The summed E-state index contributed by atoms with van der Waals surface area (Å²) < 4.78 is 49.7. The highest BCUT2D eigenvalue weighted by Crippen LogP contribution is 2.61. The smallest absolute Gasteiger partial charge is 0.388 e. The summed E-state index contributed by atoms with van der Waals surface area (Å²) >= 11 is 0. The second-order valence-electron chi connectivity index (χ2n) is 8.66. The molecule has 2 aromatic rings. The van der Waals surface area contributed by atoms with Crippen molar-refractivity contribution in [2.45, 2.75) is 68.6 Å². The molecule has 11 atom stereocenters. The Kier molecular flexibility index (Phi) is 8.63. The van der Waals surface area contributed by atoms with Crippen molar-refractivity contribution in [2.24, 2.45) is 0 Å². The van der Waals surface area contributed by atoms with E-state index < -0.39 is 83.1 Å². The largest absolute Gasteiger partial charge is 0.483 e. The lowest BCUT2D eigenvalue weighted by atomic mass is 9.97. The molecule has 0 amide bonds. The van der Waals surface area contributed by atoms with E-state index in [4.69, 9.17) is 15.2 Å². The number of aromatic nitrogens is 4. The van der Waals surface area contributed by atoms with E-state index in [1.165, 1.54) is 0 Å². The van der Waals surface area contributed by atoms with E-state index in [1.807, 2.05) is 0 Å². The van der Waals surface area contributed by atoms with Crippen LogP contribution in [0.2, 0.25) is 0 Å². The molecular weight excluding hydrogens is 576 g/mol. The predicted octanol–water partition coefficient (Wildman–Crippen LogP) is -3.21. The molecule has 4 heterocycles. The molecule has 2 aromatic heterocycles. The maximum Gasteiger partial charge on any atom is 0.483 e. The molecule has 2 fully saturated rings. The van der Waals surface area contributed by atoms with Gasteiger partial charge in [-0.25, -0.2) is 14.1 Å². The third kappa shape index (κ3) is 6.24. The molecule has 0 bridgehead atoms. The van der Waals surface area contributed by atoms with E-state index in [0.717, 1.165) is 10.9 Å². The maximum absolute atomic E-state index is 12.3. The van der Waals surface area contributed by atoms with Crippen molar-refractivity contribution in [3.8, 4) is 0 Å². The number of rotatable bonds is 9. The van der Waals surface area contributed by atoms with Crippen LogP contribution in [0.4, 0.5) is 5.95 Å². The number of aromatic amines is 1. The van der Waals surface area contributed by atoms with Crippen molar-refractivity contribution in [2.75, 3.05) is 12.3 Å². The number of H-pyrrole nitrogens is 1. The minimum Gasteiger partial charge on any atom is -0.388 e. The van der Waals surface area contributed by atoms with Crippen molar-refractivity contribution in [1.82, 2.24) is 19.5 Å². The Morgan fingerprint density at radius 1 is 1.03 bits per heavy atom. The lowest BCUT2D eigenvalue weighted by molar-refractivity contribution is -0.275. The number of anilines is 1. The Balaban J connectivity index is 1.39. The third-order valence-corrected chi connectivity index (χ3v) is 8.58. The zero-order valence-corrected chi connectivity index (χ0v) is 21.7. The summed E-state index contributed by atoms with van der Waals surface area (Å²) in [7, 11) is -10.9. The topological polar surface area (TPSA) is 311 Å². The van der Waals surface area contributed by atoms with Gasteiger partial charge in [-0.1, -0.05) is 6.92 Å². The molecule has 0 saturated carbocycles. The zero-order valence-electron chi connectivity index (χ0n) is 19.9. The number of aliphatic hydroxyl groups is 5. The fourth-order valence-electron chi connectivity index (χ4n) is 4.04. The quantitative estimate of drug-likeness (QED) is 0.127. The Bertz CT molecular complexity index is 1340. The summed E-state index contributed by atoms with van der Waals surface area (Å²) in [5.74, 6) is -0.266. The molecule has 7 unspecified atom stereocenters. The number of nitrogens with two attached hydrogens (primary N) is 1. The van der Waals surface area contributed by atoms with Gasteiger partial charge in [-0.3, -0.25) is 23.4 Å². The van der Waals surface area contributed by atoms with Gasteiger partial charge in [0.15, 0.2) is 23.7 Å². The molecule has 20 nitrogen and oxygen atoms in total. The minimum atomic E-state index is -5.51. The number of hydrogen-bond acceptors (Lipinski definition) is 16. The van der Waals surface area contributed by atoms with Gasteiger partial charge in [0.1, 0.15) is 36.6 Å². The molecule has 2 saturated heterocycles. The number of fused-ring (bicyclic) bond motifs is 1. The number of hydrogen-bond donors (Lipinski definition) is 9. The summed E-state index contributed by atoms with van der Waals surface area (Å²) in [6.07, 6.45) is -13.7. The summed E-state index contributed by atoms with van der Waals surface area (Å²) in [5, 5.41) is 50.5. The summed E-state index contributed by atoms with van der Waals surface area (Å²) in [5.41, 5.74) is 4.60. The van der Waals surface area contributed by atoms with Gasteiger partial charge < -0.3 is 50.5 Å². The molecule has 0 aromatic carbocycles. The first-order valence-corrected chi connectivity index (χ1v) is 14.3. The number of phosphoric acid groups is 2. The molecule has 10 N–H and O–H groups in total. The molecule has 2 aliphatic heterocycles. The Morgan fingerprint density at radius 2 is 1.69 bits per heavy atom. The third-order valence-electron chi connectivity index (χ3n) is 5.98. The summed E-state index contributed by atoms with van der Waals surface area (Å²) in [6, 6.07) is 0. The van der Waals surface area contributed by atoms with Crippen LogP contribution in [0.5, 0.6) is 0 Å². The number of ether oxygens (including phenoxy) is 2. The average Bonchev–Trinajstić information content (AvgIpc) is 3.38. The lowest BCUT2D eigenvalue weighted by Crippen LogP contribution is -2.57. The molecule has 39 heavy (non-hydrogen) atoms. The number of imidazole rings is 1. The van der Waals surface area contributed by atoms with Crippen molar-refractivity contribution >= 4 is 32.8 Å². The number of nitrogens with one attached hydrogen (secondary N) is 1. The number of aliphatic hydroxyl groups excluding tert-OH is 5. The standard InChI is InChI=1S/C17H27N5O15P2/c1-2-5-8(23)10(25)12(27)16(35-5)36-39(31,32)37-38(29,30)33-3-6-9(24)11(26)15(34-6)22-4-19-7-13(22)20-17(18)21-14(7)28/h4-6,8-12,15-16,23-27H,2-3H2,1H3,(H,29,30)(H,31,32)(H3,18,20,21,28)/t5?,6-,8-,9?,10?,11?,12?,15-,16-/m1/s1. The summed E-state index contributed by atoms with van der Waals surface area (Å²) in [6.45, 7) is 0.582. The number of phosphoric ester groups is 2. The van der Waals surface area contributed by atoms with Crippen molar-refractivity contribution in [1.29, 1.82) is 0 Å². The van der Waals surface area contributed by atoms with Crippen LogP contribution in [0.3, 0.4) is 0 Å². The Hall–Kier alpha value is -1.87. The lowest BCUT2D eigenvalue weighted by Gasteiger charge is -2.40. The molecule has 4 rings (SSSR count). The highest BCUT2D eigenvalue weighted by atomic mass is 31.3. The molecule has 220 valence electrons. The van der Waals surface area contributed by atoms with Crippen LogP contribution >= 0.6 is 15.6 Å². The zero-order chi connectivity index (χ0) is 28.9. The monoisotopic (exact) mass is 603 g/mol. The first-order valence-electron chi connectivity index (χ1n) is 11.3. The van der Waals surface area contributed by atoms with Gasteiger partial charge in [-0.05, 0) is 6.42 Å². The predicted molar refractivity (Wildman–Crippen MR) is 123 cm³/mol. The van der Waals surface area contributed by atoms with Gasteiger partial charge in [0, 0.05) is 0 Å². The second-order valence-corrected chi connectivity index (χ2v) is 11.7. The first kappa shape index (κ1) is 30.1. The van der Waals surface area contributed by atoms with E-state index in [9.17, 15) is 49.2 Å². The van der Waals surface area contributed by atoms with Crippen LogP contribution in [-0.4, -0.2) is 110 Å². The number of nitrogen functional groups attached to an aromatic ring is 1. The fraction of sp³-hybridized carbons (Fsp3) is 0.706. The fourth-order valence-corrected chi connectivity index (χ4v) is 6.20. The van der Waals surface area contributed by atoms with Crippen LogP contribution in [0.15, 0.2) is 11.1 Å². The van der Waals surface area contributed by atoms with Gasteiger partial charge >= 0.3 is 15.6 Å². The van der Waals surface area contributed by atoms with E-state index in [-0.39, 0.29) is 23.5 Å². The van der Waals surface area contributed by atoms with E-state index in [0.29, 0.717) is 0 Å². The minimum absolute atomic E-state index is 0.0985. The van der Waals surface area contributed by atoms with E-state index >= 15 is 0 Å². The normalized spacial score (nSPS) is 36.6. The summed E-state index contributed by atoms with van der Waals surface area (Å²) in [4.78, 5) is 41.8. The molecule has 2 aliphatic rings. The van der Waals surface area contributed by atoms with E-state index in [1.54, 1.807) is 6.92 Å². The highest BCUT2D eigenvalue weighted by molar-refractivity contribution is 7.61. The van der Waals surface area contributed by atoms with Crippen molar-refractivity contribution < 1.29 is 67.3 Å². The van der Waals surface area contributed by atoms with Gasteiger partial charge in [-0.15, -0.1) is 0 Å². The highest BCUT2D eigenvalue weighted by Gasteiger charge is 2.49. The molecular formula is C17H27N5O15P2. The number of nitrogens with zero attached hydrogens (tertiary/aromatic N) is 3. The Morgan fingerprint density at radius 3 is 2.36 bits per heavy atom. The van der Waals surface area contributed by atoms with Gasteiger partial charge in [0.2, 0.25) is 5.95 Å². The van der Waals surface area contributed by atoms with Crippen LogP contribution in [0.1, 0.15) is 19.6 Å². The average molecular weight is 603 g/mol. The van der Waals surface area contributed by atoms with Gasteiger partial charge in [-0.2, -0.15) is 9.29 Å². The van der Waals surface area contributed by atoms with Crippen molar-refractivity contribution in [3.05, 3.63) is 16.7 Å². The second kappa shape index (κ2) is 11.2.